The number of rotatable bonds is 2. The molecule has 1 aromatic carbocycles. The van der Waals surface area contributed by atoms with E-state index in [1.54, 1.807) is 6.07 Å². The molecule has 0 spiro atoms. The Balaban J connectivity index is 2.93. The van der Waals surface area contributed by atoms with Gasteiger partial charge in [-0.15, -0.1) is 0 Å². The van der Waals surface area contributed by atoms with Gasteiger partial charge in [0.25, 0.3) is 0 Å². The van der Waals surface area contributed by atoms with Crippen molar-refractivity contribution in [3.05, 3.63) is 34.6 Å². The van der Waals surface area contributed by atoms with Crippen LogP contribution in [0, 0.1) is 5.82 Å². The second-order valence-corrected chi connectivity index (χ2v) is 3.14. The summed E-state index contributed by atoms with van der Waals surface area (Å²) in [4.78, 5) is 0. The summed E-state index contributed by atoms with van der Waals surface area (Å²) in [5, 5.41) is 0.629. The monoisotopic (exact) mass is 185 g/mol. The minimum absolute atomic E-state index is 0.232. The first-order valence-corrected chi connectivity index (χ1v) is 4.41. The maximum atomic E-state index is 12.6. The highest BCUT2D eigenvalue weighted by Gasteiger charge is 1.99. The van der Waals surface area contributed by atoms with Gasteiger partial charge in [0.05, 0.1) is 0 Å². The molecule has 0 N–H and O–H groups in total. The lowest BCUT2D eigenvalue weighted by molar-refractivity contribution is 0.626. The van der Waals surface area contributed by atoms with Crippen molar-refractivity contribution in [3.63, 3.8) is 0 Å². The zero-order chi connectivity index (χ0) is 8.27. The van der Waals surface area contributed by atoms with Crippen LogP contribution >= 0.6 is 11.6 Å². The van der Waals surface area contributed by atoms with Gasteiger partial charge < -0.3 is 0 Å². The van der Waals surface area contributed by atoms with E-state index in [0.717, 1.165) is 18.0 Å². The molecule has 11 heavy (non-hydrogen) atoms. The molecule has 0 amide bonds. The van der Waals surface area contributed by atoms with Crippen LogP contribution in [0.2, 0.25) is 11.1 Å². The van der Waals surface area contributed by atoms with Gasteiger partial charge in [-0.1, -0.05) is 17.6 Å². The Bertz CT molecular complexity index is 250. The minimum Gasteiger partial charge on any atom is -0.207 e. The van der Waals surface area contributed by atoms with E-state index >= 15 is 0 Å². The van der Waals surface area contributed by atoms with Crippen LogP contribution in [0.5, 0.6) is 0 Å². The molecule has 0 aliphatic heterocycles. The summed E-state index contributed by atoms with van der Waals surface area (Å²) < 4.78 is 12.6. The van der Waals surface area contributed by atoms with Gasteiger partial charge in [0.15, 0.2) is 0 Å². The topological polar surface area (TPSA) is 0 Å². The molecule has 1 aromatic rings. The smallest absolute Gasteiger partial charge is 0.123 e. The van der Waals surface area contributed by atoms with Crippen molar-refractivity contribution in [3.8, 4) is 0 Å². The second kappa shape index (κ2) is 3.88. The molecule has 0 aromatic heterocycles. The molecule has 0 saturated carbocycles. The van der Waals surface area contributed by atoms with Crippen LogP contribution in [0.4, 0.5) is 4.39 Å². The van der Waals surface area contributed by atoms with E-state index in [1.807, 2.05) is 0 Å². The predicted octanol–water partition coefficient (Wildman–Crippen LogP) is 2.61. The summed E-state index contributed by atoms with van der Waals surface area (Å²) in [6.07, 6.45) is 0.757. The molecule has 0 heterocycles. The Morgan fingerprint density at radius 1 is 1.45 bits per heavy atom. The van der Waals surface area contributed by atoms with Gasteiger partial charge in [0.1, 0.15) is 5.82 Å². The van der Waals surface area contributed by atoms with Crippen LogP contribution in [-0.4, -0.2) is 10.2 Å². The summed E-state index contributed by atoms with van der Waals surface area (Å²) >= 11 is 5.79. The van der Waals surface area contributed by atoms with Crippen LogP contribution in [0.25, 0.3) is 0 Å². The lowest BCUT2D eigenvalue weighted by Gasteiger charge is -2.00. The quantitative estimate of drug-likeness (QED) is 0.622. The van der Waals surface area contributed by atoms with Gasteiger partial charge in [-0.3, -0.25) is 0 Å². The van der Waals surface area contributed by atoms with Crippen molar-refractivity contribution in [2.75, 3.05) is 0 Å². The van der Waals surface area contributed by atoms with E-state index in [0.29, 0.717) is 5.02 Å². The Morgan fingerprint density at radius 2 is 2.18 bits per heavy atom. The largest absolute Gasteiger partial charge is 0.207 e. The van der Waals surface area contributed by atoms with Gasteiger partial charge in [-0.2, -0.15) is 0 Å². The highest BCUT2D eigenvalue weighted by atomic mass is 35.5. The van der Waals surface area contributed by atoms with Crippen molar-refractivity contribution >= 4 is 21.8 Å². The lowest BCUT2D eigenvalue weighted by atomic mass is 10.2. The first-order valence-electron chi connectivity index (χ1n) is 3.32. The SMILES string of the molecule is Fc1ccc(Cl)c(CC[Si])c1. The molecular formula is C8H7ClFSi. The number of aryl methyl sites for hydroxylation is 1. The Labute approximate surface area is 73.8 Å². The average molecular weight is 186 g/mol. The van der Waals surface area contributed by atoms with Crippen LogP contribution in [0.3, 0.4) is 0 Å². The summed E-state index contributed by atoms with van der Waals surface area (Å²) in [5.74, 6) is -0.232. The fourth-order valence-corrected chi connectivity index (χ4v) is 1.35. The van der Waals surface area contributed by atoms with E-state index in [2.05, 4.69) is 10.2 Å². The van der Waals surface area contributed by atoms with Gasteiger partial charge in [-0.05, 0) is 30.2 Å². The molecule has 1 rings (SSSR count). The predicted molar refractivity (Wildman–Crippen MR) is 45.7 cm³/mol. The molecule has 0 nitrogen and oxygen atoms in total. The van der Waals surface area contributed by atoms with Gasteiger partial charge >= 0.3 is 0 Å². The van der Waals surface area contributed by atoms with Crippen LogP contribution in [-0.2, 0) is 6.42 Å². The third-order valence-electron chi connectivity index (χ3n) is 1.40. The number of hydrogen-bond donors (Lipinski definition) is 0. The molecule has 3 heteroatoms. The Kier molecular flexibility index (Phi) is 3.09. The molecule has 0 atom stereocenters. The molecule has 57 valence electrons. The standard InChI is InChI=1S/C8H7ClFSi/c9-8-2-1-7(10)5-6(8)3-4-11/h1-2,5H,3-4H2. The number of hydrogen-bond acceptors (Lipinski definition) is 0. The first kappa shape index (κ1) is 8.75. The molecule has 0 aliphatic rings. The Hall–Kier alpha value is -0.343. The summed E-state index contributed by atoms with van der Waals surface area (Å²) in [6.45, 7) is 0. The van der Waals surface area contributed by atoms with Gasteiger partial charge in [0, 0.05) is 15.3 Å². The maximum absolute atomic E-state index is 12.6. The maximum Gasteiger partial charge on any atom is 0.123 e. The van der Waals surface area contributed by atoms with Crippen molar-refractivity contribution in [1.82, 2.24) is 0 Å². The number of benzene rings is 1. The highest BCUT2D eigenvalue weighted by Crippen LogP contribution is 2.17. The van der Waals surface area contributed by atoms with E-state index in [-0.39, 0.29) is 5.82 Å². The third kappa shape index (κ3) is 2.31. The molecule has 0 saturated heterocycles. The Morgan fingerprint density at radius 3 is 2.82 bits per heavy atom. The van der Waals surface area contributed by atoms with Gasteiger partial charge in [0.2, 0.25) is 0 Å². The van der Waals surface area contributed by atoms with Crippen LogP contribution in [0.15, 0.2) is 18.2 Å². The second-order valence-electron chi connectivity index (χ2n) is 2.24. The zero-order valence-electron chi connectivity index (χ0n) is 5.90. The zero-order valence-corrected chi connectivity index (χ0v) is 7.66. The molecule has 3 radical (unpaired) electrons. The van der Waals surface area contributed by atoms with E-state index in [4.69, 9.17) is 11.6 Å². The van der Waals surface area contributed by atoms with E-state index in [9.17, 15) is 4.39 Å². The average Bonchev–Trinajstić information content (AvgIpc) is 1.98. The number of halogens is 2. The highest BCUT2D eigenvalue weighted by molar-refractivity contribution is 6.31. The first-order chi connectivity index (χ1) is 5.24. The van der Waals surface area contributed by atoms with Crippen molar-refractivity contribution < 1.29 is 4.39 Å². The molecule has 0 bridgehead atoms. The summed E-state index contributed by atoms with van der Waals surface area (Å²) in [6, 6.07) is 5.19. The third-order valence-corrected chi connectivity index (χ3v) is 2.02. The minimum atomic E-state index is -0.232. The fourth-order valence-electron chi connectivity index (χ4n) is 0.870. The van der Waals surface area contributed by atoms with Crippen molar-refractivity contribution in [1.29, 1.82) is 0 Å². The molecule has 0 aliphatic carbocycles. The van der Waals surface area contributed by atoms with E-state index in [1.165, 1.54) is 12.1 Å². The molecular weight excluding hydrogens is 179 g/mol. The lowest BCUT2D eigenvalue weighted by Crippen LogP contribution is -1.87. The van der Waals surface area contributed by atoms with Crippen molar-refractivity contribution in [2.24, 2.45) is 0 Å². The summed E-state index contributed by atoms with van der Waals surface area (Å²) in [7, 11) is 3.31. The van der Waals surface area contributed by atoms with Crippen LogP contribution < -0.4 is 0 Å². The van der Waals surface area contributed by atoms with E-state index < -0.39 is 0 Å². The fraction of sp³-hybridized carbons (Fsp3) is 0.250. The molecule has 0 fully saturated rings. The van der Waals surface area contributed by atoms with Crippen LogP contribution in [0.1, 0.15) is 5.56 Å². The summed E-state index contributed by atoms with van der Waals surface area (Å²) in [5.41, 5.74) is 0.849. The molecule has 0 unspecified atom stereocenters. The van der Waals surface area contributed by atoms with Gasteiger partial charge in [-0.25, -0.2) is 4.39 Å². The van der Waals surface area contributed by atoms with Crippen molar-refractivity contribution in [2.45, 2.75) is 12.5 Å². The normalized spacial score (nSPS) is 10.1.